The summed E-state index contributed by atoms with van der Waals surface area (Å²) in [5.41, 5.74) is 5.10. The summed E-state index contributed by atoms with van der Waals surface area (Å²) in [6, 6.07) is 12.8. The lowest BCUT2D eigenvalue weighted by Crippen LogP contribution is -2.02. The van der Waals surface area contributed by atoms with Gasteiger partial charge in [-0.05, 0) is 44.0 Å². The van der Waals surface area contributed by atoms with Gasteiger partial charge in [0.15, 0.2) is 0 Å². The molecule has 1 aromatic carbocycles. The van der Waals surface area contributed by atoms with Crippen LogP contribution in [-0.2, 0) is 17.7 Å². The van der Waals surface area contributed by atoms with Crippen molar-refractivity contribution in [3.8, 4) is 11.3 Å². The predicted octanol–water partition coefficient (Wildman–Crippen LogP) is 4.30. The van der Waals surface area contributed by atoms with E-state index in [1.54, 1.807) is 0 Å². The van der Waals surface area contributed by atoms with Crippen LogP contribution in [0.25, 0.3) is 22.2 Å². The molecular formula is C19H22N2O. The molecule has 3 nitrogen and oxygen atoms in total. The van der Waals surface area contributed by atoms with Gasteiger partial charge in [0.2, 0.25) is 0 Å². The number of aromatic nitrogens is 2. The molecule has 2 aromatic heterocycles. The standard InChI is InChI=1S/C19H22N2O/c1-3-21-18-10-6-5-9-16(18)17(11-13-22-4-2)19(21)15-8-7-12-20-14-15/h5-10,12,14H,3-4,11,13H2,1-2H3. The van der Waals surface area contributed by atoms with Gasteiger partial charge in [-0.3, -0.25) is 4.98 Å². The molecule has 114 valence electrons. The molecule has 0 spiro atoms. The van der Waals surface area contributed by atoms with Gasteiger partial charge in [0, 0.05) is 42.0 Å². The average molecular weight is 294 g/mol. The number of aryl methyl sites for hydroxylation is 1. The molecule has 0 N–H and O–H groups in total. The monoisotopic (exact) mass is 294 g/mol. The molecule has 3 aromatic rings. The van der Waals surface area contributed by atoms with Gasteiger partial charge in [0.05, 0.1) is 12.3 Å². The largest absolute Gasteiger partial charge is 0.381 e. The number of nitrogens with zero attached hydrogens (tertiary/aromatic N) is 2. The lowest BCUT2D eigenvalue weighted by Gasteiger charge is -2.10. The summed E-state index contributed by atoms with van der Waals surface area (Å²) in [7, 11) is 0. The third kappa shape index (κ3) is 2.64. The second-order valence-electron chi connectivity index (χ2n) is 5.28. The van der Waals surface area contributed by atoms with Crippen molar-refractivity contribution in [3.63, 3.8) is 0 Å². The van der Waals surface area contributed by atoms with Gasteiger partial charge in [-0.2, -0.15) is 0 Å². The Morgan fingerprint density at radius 1 is 1.09 bits per heavy atom. The smallest absolute Gasteiger partial charge is 0.0540 e. The van der Waals surface area contributed by atoms with Crippen molar-refractivity contribution in [1.29, 1.82) is 0 Å². The number of hydrogen-bond donors (Lipinski definition) is 0. The van der Waals surface area contributed by atoms with E-state index in [1.165, 1.54) is 27.7 Å². The van der Waals surface area contributed by atoms with E-state index < -0.39 is 0 Å². The fourth-order valence-corrected chi connectivity index (χ4v) is 3.11. The van der Waals surface area contributed by atoms with Crippen molar-refractivity contribution >= 4 is 10.9 Å². The summed E-state index contributed by atoms with van der Waals surface area (Å²) in [4.78, 5) is 4.30. The van der Waals surface area contributed by atoms with Gasteiger partial charge in [-0.1, -0.05) is 18.2 Å². The summed E-state index contributed by atoms with van der Waals surface area (Å²) in [5, 5.41) is 1.32. The highest BCUT2D eigenvalue weighted by Gasteiger charge is 2.17. The molecule has 0 saturated heterocycles. The molecule has 22 heavy (non-hydrogen) atoms. The summed E-state index contributed by atoms with van der Waals surface area (Å²) in [6.07, 6.45) is 4.69. The van der Waals surface area contributed by atoms with Gasteiger partial charge in [0.25, 0.3) is 0 Å². The predicted molar refractivity (Wildman–Crippen MR) is 91.0 cm³/mol. The first-order valence-electron chi connectivity index (χ1n) is 7.95. The molecule has 0 radical (unpaired) electrons. The Balaban J connectivity index is 2.20. The van der Waals surface area contributed by atoms with Crippen molar-refractivity contribution in [1.82, 2.24) is 9.55 Å². The zero-order chi connectivity index (χ0) is 15.4. The molecule has 3 heteroatoms. The highest BCUT2D eigenvalue weighted by molar-refractivity contribution is 5.91. The highest BCUT2D eigenvalue weighted by atomic mass is 16.5. The zero-order valence-electron chi connectivity index (χ0n) is 13.2. The molecule has 0 amide bonds. The number of benzene rings is 1. The van der Waals surface area contributed by atoms with Crippen LogP contribution in [0.4, 0.5) is 0 Å². The fourth-order valence-electron chi connectivity index (χ4n) is 3.11. The molecule has 2 heterocycles. The van der Waals surface area contributed by atoms with Crippen molar-refractivity contribution in [2.24, 2.45) is 0 Å². The molecule has 0 aliphatic carbocycles. The van der Waals surface area contributed by atoms with Crippen LogP contribution in [-0.4, -0.2) is 22.8 Å². The Bertz CT molecular complexity index is 747. The van der Waals surface area contributed by atoms with Gasteiger partial charge in [-0.15, -0.1) is 0 Å². The van der Waals surface area contributed by atoms with E-state index in [4.69, 9.17) is 4.74 Å². The maximum absolute atomic E-state index is 5.60. The topological polar surface area (TPSA) is 27.1 Å². The highest BCUT2D eigenvalue weighted by Crippen LogP contribution is 2.33. The molecule has 0 fully saturated rings. The van der Waals surface area contributed by atoms with Crippen LogP contribution < -0.4 is 0 Å². The number of rotatable bonds is 6. The number of hydrogen-bond acceptors (Lipinski definition) is 2. The first-order chi connectivity index (χ1) is 10.9. The normalized spacial score (nSPS) is 11.2. The molecular weight excluding hydrogens is 272 g/mol. The maximum Gasteiger partial charge on any atom is 0.0540 e. The summed E-state index contributed by atoms with van der Waals surface area (Å²) < 4.78 is 7.98. The number of para-hydroxylation sites is 1. The third-order valence-corrected chi connectivity index (χ3v) is 4.03. The van der Waals surface area contributed by atoms with Crippen molar-refractivity contribution < 1.29 is 4.74 Å². The van der Waals surface area contributed by atoms with Gasteiger partial charge < -0.3 is 9.30 Å². The minimum atomic E-state index is 0.751. The Hall–Kier alpha value is -2.13. The van der Waals surface area contributed by atoms with Crippen molar-refractivity contribution in [2.45, 2.75) is 26.8 Å². The van der Waals surface area contributed by atoms with E-state index in [0.717, 1.165) is 26.2 Å². The summed E-state index contributed by atoms with van der Waals surface area (Å²) in [6.45, 7) is 6.69. The molecule has 3 rings (SSSR count). The number of ether oxygens (including phenoxy) is 1. The molecule has 0 bridgehead atoms. The maximum atomic E-state index is 5.60. The zero-order valence-corrected chi connectivity index (χ0v) is 13.2. The Morgan fingerprint density at radius 3 is 2.68 bits per heavy atom. The first kappa shape index (κ1) is 14.8. The minimum absolute atomic E-state index is 0.751. The fraction of sp³-hybridized carbons (Fsp3) is 0.316. The van der Waals surface area contributed by atoms with E-state index in [-0.39, 0.29) is 0 Å². The Labute approximate surface area is 131 Å². The van der Waals surface area contributed by atoms with E-state index in [1.807, 2.05) is 25.4 Å². The van der Waals surface area contributed by atoms with Gasteiger partial charge >= 0.3 is 0 Å². The van der Waals surface area contributed by atoms with Crippen LogP contribution in [0.3, 0.4) is 0 Å². The molecule has 0 saturated carbocycles. The van der Waals surface area contributed by atoms with E-state index in [0.29, 0.717) is 0 Å². The van der Waals surface area contributed by atoms with Crippen LogP contribution in [0.5, 0.6) is 0 Å². The molecule has 0 unspecified atom stereocenters. The number of pyridine rings is 1. The molecule has 0 atom stereocenters. The quantitative estimate of drug-likeness (QED) is 0.634. The van der Waals surface area contributed by atoms with Gasteiger partial charge in [-0.25, -0.2) is 0 Å². The van der Waals surface area contributed by atoms with Crippen molar-refractivity contribution in [3.05, 3.63) is 54.4 Å². The average Bonchev–Trinajstić information content (AvgIpc) is 2.90. The first-order valence-corrected chi connectivity index (χ1v) is 7.95. The summed E-state index contributed by atoms with van der Waals surface area (Å²) in [5.74, 6) is 0. The van der Waals surface area contributed by atoms with Crippen LogP contribution in [0, 0.1) is 0 Å². The van der Waals surface area contributed by atoms with Gasteiger partial charge in [0.1, 0.15) is 0 Å². The van der Waals surface area contributed by atoms with Crippen LogP contribution >= 0.6 is 0 Å². The Morgan fingerprint density at radius 2 is 1.95 bits per heavy atom. The van der Waals surface area contributed by atoms with Crippen LogP contribution in [0.15, 0.2) is 48.8 Å². The second kappa shape index (κ2) is 6.75. The van der Waals surface area contributed by atoms with Crippen LogP contribution in [0.2, 0.25) is 0 Å². The minimum Gasteiger partial charge on any atom is -0.381 e. The lowest BCUT2D eigenvalue weighted by atomic mass is 10.0. The molecule has 0 aliphatic rings. The Kier molecular flexibility index (Phi) is 4.54. The van der Waals surface area contributed by atoms with Crippen LogP contribution in [0.1, 0.15) is 19.4 Å². The molecule has 0 aliphatic heterocycles. The summed E-state index contributed by atoms with van der Waals surface area (Å²) >= 11 is 0. The van der Waals surface area contributed by atoms with Crippen molar-refractivity contribution in [2.75, 3.05) is 13.2 Å². The second-order valence-corrected chi connectivity index (χ2v) is 5.28. The van der Waals surface area contributed by atoms with E-state index in [2.05, 4.69) is 46.8 Å². The lowest BCUT2D eigenvalue weighted by molar-refractivity contribution is 0.151. The SMILES string of the molecule is CCOCCc1c(-c2cccnc2)n(CC)c2ccccc12. The third-order valence-electron chi connectivity index (χ3n) is 4.03. The number of fused-ring (bicyclic) bond motifs is 1. The van der Waals surface area contributed by atoms with E-state index >= 15 is 0 Å². The van der Waals surface area contributed by atoms with E-state index in [9.17, 15) is 0 Å².